The van der Waals surface area contributed by atoms with Gasteiger partial charge in [0.1, 0.15) is 0 Å². The standard InChI is InChI=1S/C11H5BrF8O/c12-6-3-1-5(2-4-6)7(21)8(13,14)10(17,18)11(19,20)9(7,15)16/h1-4,21H. The average molecular weight is 385 g/mol. The van der Waals surface area contributed by atoms with Gasteiger partial charge in [-0.05, 0) is 17.7 Å². The van der Waals surface area contributed by atoms with E-state index in [4.69, 9.17) is 0 Å². The average Bonchev–Trinajstić information content (AvgIpc) is 2.41. The molecule has 1 N–H and O–H groups in total. The van der Waals surface area contributed by atoms with Gasteiger partial charge in [0.05, 0.1) is 0 Å². The van der Waals surface area contributed by atoms with E-state index >= 15 is 0 Å². The van der Waals surface area contributed by atoms with Crippen molar-refractivity contribution in [1.29, 1.82) is 0 Å². The van der Waals surface area contributed by atoms with Crippen molar-refractivity contribution in [2.45, 2.75) is 29.3 Å². The minimum Gasteiger partial charge on any atom is -0.374 e. The molecule has 0 radical (unpaired) electrons. The van der Waals surface area contributed by atoms with Crippen LogP contribution in [0.25, 0.3) is 0 Å². The number of rotatable bonds is 1. The van der Waals surface area contributed by atoms with Crippen LogP contribution in [-0.2, 0) is 5.60 Å². The van der Waals surface area contributed by atoms with Gasteiger partial charge in [-0.1, -0.05) is 28.1 Å². The van der Waals surface area contributed by atoms with Crippen molar-refractivity contribution in [3.8, 4) is 0 Å². The van der Waals surface area contributed by atoms with Crippen LogP contribution in [-0.4, -0.2) is 28.8 Å². The van der Waals surface area contributed by atoms with E-state index in [-0.39, 0.29) is 4.47 Å². The zero-order valence-electron chi connectivity index (χ0n) is 9.66. The minimum absolute atomic E-state index is 0.179. The summed E-state index contributed by atoms with van der Waals surface area (Å²) in [7, 11) is 0. The molecule has 0 heterocycles. The van der Waals surface area contributed by atoms with Crippen molar-refractivity contribution >= 4 is 15.9 Å². The first-order chi connectivity index (χ1) is 9.25. The first kappa shape index (κ1) is 16.5. The first-order valence-corrected chi connectivity index (χ1v) is 6.04. The molecule has 10 heteroatoms. The highest BCUT2D eigenvalue weighted by Gasteiger charge is 2.99. The smallest absolute Gasteiger partial charge is 0.374 e. The second-order valence-electron chi connectivity index (χ2n) is 4.51. The molecule has 1 aromatic carbocycles. The van der Waals surface area contributed by atoms with Gasteiger partial charge in [-0.25, -0.2) is 0 Å². The van der Waals surface area contributed by atoms with Gasteiger partial charge < -0.3 is 5.11 Å². The molecule has 0 saturated heterocycles. The van der Waals surface area contributed by atoms with E-state index in [9.17, 15) is 40.2 Å². The van der Waals surface area contributed by atoms with E-state index in [1.807, 2.05) is 0 Å². The SMILES string of the molecule is OC1(c2ccc(Br)cc2)C(F)(F)C(F)(F)C(F)(F)C1(F)F. The zero-order valence-corrected chi connectivity index (χ0v) is 11.2. The zero-order chi connectivity index (χ0) is 16.5. The predicted molar refractivity (Wildman–Crippen MR) is 57.8 cm³/mol. The number of hydrogen-bond donors (Lipinski definition) is 1. The highest BCUT2D eigenvalue weighted by atomic mass is 79.9. The van der Waals surface area contributed by atoms with E-state index in [2.05, 4.69) is 15.9 Å². The Morgan fingerprint density at radius 2 is 1.00 bits per heavy atom. The minimum atomic E-state index is -6.43. The van der Waals surface area contributed by atoms with Gasteiger partial charge in [0.25, 0.3) is 0 Å². The van der Waals surface area contributed by atoms with Crippen molar-refractivity contribution < 1.29 is 40.2 Å². The van der Waals surface area contributed by atoms with Gasteiger partial charge in [0.15, 0.2) is 0 Å². The molecule has 0 spiro atoms. The first-order valence-electron chi connectivity index (χ1n) is 5.25. The van der Waals surface area contributed by atoms with Gasteiger partial charge in [-0.3, -0.25) is 0 Å². The second-order valence-corrected chi connectivity index (χ2v) is 5.43. The highest BCUT2D eigenvalue weighted by molar-refractivity contribution is 9.10. The van der Waals surface area contributed by atoms with Crippen LogP contribution in [0.5, 0.6) is 0 Å². The predicted octanol–water partition coefficient (Wildman–Crippen LogP) is 4.19. The van der Waals surface area contributed by atoms with Crippen molar-refractivity contribution in [2.24, 2.45) is 0 Å². The molecule has 0 unspecified atom stereocenters. The lowest BCUT2D eigenvalue weighted by molar-refractivity contribution is -0.303. The Labute approximate surface area is 120 Å². The summed E-state index contributed by atoms with van der Waals surface area (Å²) in [5.74, 6) is -25.0. The fraction of sp³-hybridized carbons (Fsp3) is 0.455. The highest BCUT2D eigenvalue weighted by Crippen LogP contribution is 2.70. The van der Waals surface area contributed by atoms with E-state index in [1.165, 1.54) is 0 Å². The van der Waals surface area contributed by atoms with Gasteiger partial charge in [-0.2, -0.15) is 35.1 Å². The summed E-state index contributed by atoms with van der Waals surface area (Å²) in [6.45, 7) is 0. The van der Waals surface area contributed by atoms with Crippen molar-refractivity contribution in [2.75, 3.05) is 0 Å². The number of aliphatic hydroxyl groups is 1. The number of halogens is 9. The molecule has 0 bridgehead atoms. The largest absolute Gasteiger partial charge is 0.381 e. The van der Waals surface area contributed by atoms with Crippen molar-refractivity contribution in [3.63, 3.8) is 0 Å². The topological polar surface area (TPSA) is 20.2 Å². The van der Waals surface area contributed by atoms with E-state index in [1.54, 1.807) is 0 Å². The summed E-state index contributed by atoms with van der Waals surface area (Å²) >= 11 is 2.82. The molecule has 118 valence electrons. The Kier molecular flexibility index (Phi) is 3.21. The Morgan fingerprint density at radius 1 is 0.667 bits per heavy atom. The molecule has 1 fully saturated rings. The maximum Gasteiger partial charge on any atom is 0.381 e. The van der Waals surface area contributed by atoms with Gasteiger partial charge >= 0.3 is 23.7 Å². The number of alkyl halides is 8. The second kappa shape index (κ2) is 4.09. The fourth-order valence-electron chi connectivity index (χ4n) is 2.10. The number of benzene rings is 1. The van der Waals surface area contributed by atoms with Gasteiger partial charge in [0, 0.05) is 4.47 Å². The normalized spacial score (nSPS) is 27.5. The molecule has 0 atom stereocenters. The van der Waals surface area contributed by atoms with Crippen molar-refractivity contribution in [3.05, 3.63) is 34.3 Å². The molecular weight excluding hydrogens is 380 g/mol. The van der Waals surface area contributed by atoms with Gasteiger partial charge in [0.2, 0.25) is 5.60 Å². The molecule has 1 nitrogen and oxygen atoms in total. The molecule has 1 aromatic rings. The fourth-order valence-corrected chi connectivity index (χ4v) is 2.36. The third kappa shape index (κ3) is 1.55. The molecule has 21 heavy (non-hydrogen) atoms. The Bertz CT molecular complexity index is 542. The quantitative estimate of drug-likeness (QED) is 0.719. The summed E-state index contributed by atoms with van der Waals surface area (Å²) in [6, 6.07) is 2.61. The lowest BCUT2D eigenvalue weighted by atomic mass is 9.86. The van der Waals surface area contributed by atoms with Gasteiger partial charge in [-0.15, -0.1) is 0 Å². The van der Waals surface area contributed by atoms with Crippen LogP contribution in [0.1, 0.15) is 5.56 Å². The van der Waals surface area contributed by atoms with Crippen LogP contribution < -0.4 is 0 Å². The Balaban J connectivity index is 2.80. The number of hydrogen-bond acceptors (Lipinski definition) is 1. The monoisotopic (exact) mass is 384 g/mol. The molecule has 0 aromatic heterocycles. The van der Waals surface area contributed by atoms with Crippen LogP contribution >= 0.6 is 15.9 Å². The van der Waals surface area contributed by atoms with Crippen LogP contribution in [0.2, 0.25) is 0 Å². The van der Waals surface area contributed by atoms with Crippen LogP contribution in [0.15, 0.2) is 28.7 Å². The molecule has 2 rings (SSSR count). The van der Waals surface area contributed by atoms with Crippen LogP contribution in [0.3, 0.4) is 0 Å². The molecule has 1 aliphatic carbocycles. The molecule has 1 aliphatic rings. The van der Waals surface area contributed by atoms with E-state index in [0.717, 1.165) is 12.1 Å². The van der Waals surface area contributed by atoms with E-state index in [0.29, 0.717) is 12.1 Å². The summed E-state index contributed by atoms with van der Waals surface area (Å²) < 4.78 is 107. The molecule has 0 aliphatic heterocycles. The lowest BCUT2D eigenvalue weighted by Crippen LogP contribution is -2.55. The van der Waals surface area contributed by atoms with Crippen LogP contribution in [0.4, 0.5) is 35.1 Å². The summed E-state index contributed by atoms with van der Waals surface area (Å²) in [6.07, 6.45) is 0. The summed E-state index contributed by atoms with van der Waals surface area (Å²) in [4.78, 5) is 0. The van der Waals surface area contributed by atoms with E-state index < -0.39 is 34.9 Å². The molecule has 1 saturated carbocycles. The molecular formula is C11H5BrF8O. The Hall–Kier alpha value is -0.900. The van der Waals surface area contributed by atoms with Crippen molar-refractivity contribution in [1.82, 2.24) is 0 Å². The maximum absolute atomic E-state index is 13.6. The third-order valence-corrected chi connectivity index (χ3v) is 3.88. The summed E-state index contributed by atoms with van der Waals surface area (Å²) in [5.41, 5.74) is -6.49. The van der Waals surface area contributed by atoms with Crippen LogP contribution in [0, 0.1) is 0 Å². The lowest BCUT2D eigenvalue weighted by Gasteiger charge is -2.33. The third-order valence-electron chi connectivity index (χ3n) is 3.35. The Morgan fingerprint density at radius 3 is 1.33 bits per heavy atom. The molecule has 0 amide bonds. The maximum atomic E-state index is 13.6. The summed E-state index contributed by atoms with van der Waals surface area (Å²) in [5, 5.41) is 9.50.